The number of rotatable bonds is 6. The summed E-state index contributed by atoms with van der Waals surface area (Å²) in [7, 11) is 3.87. The van der Waals surface area contributed by atoms with Gasteiger partial charge in [0.05, 0.1) is 18.0 Å². The number of carbonyl (C=O) groups excluding carboxylic acids is 1. The van der Waals surface area contributed by atoms with Crippen molar-refractivity contribution in [1.82, 2.24) is 9.80 Å². The Labute approximate surface area is 192 Å². The van der Waals surface area contributed by atoms with Gasteiger partial charge in [-0.25, -0.2) is 0 Å². The van der Waals surface area contributed by atoms with E-state index < -0.39 is 0 Å². The fraction of sp³-hybridized carbons (Fsp3) is 0.375. The number of aryl methyl sites for hydroxylation is 1. The third-order valence-corrected chi connectivity index (χ3v) is 8.02. The van der Waals surface area contributed by atoms with E-state index in [-0.39, 0.29) is 11.9 Å². The van der Waals surface area contributed by atoms with Crippen LogP contribution in [0, 0.1) is 13.8 Å². The smallest absolute Gasteiger partial charge is 0.266 e. The molecule has 7 heteroatoms. The maximum absolute atomic E-state index is 12.9. The average Bonchev–Trinajstić information content (AvgIpc) is 3.40. The number of benzene rings is 1. The Kier molecular flexibility index (Phi) is 6.77. The average molecular weight is 456 g/mol. The minimum atomic E-state index is -0.0376. The van der Waals surface area contributed by atoms with Crippen molar-refractivity contribution in [2.75, 3.05) is 45.7 Å². The van der Waals surface area contributed by atoms with E-state index in [4.69, 9.17) is 4.74 Å². The summed E-state index contributed by atoms with van der Waals surface area (Å²) in [4.78, 5) is 19.8. The number of anilines is 1. The van der Waals surface area contributed by atoms with Crippen LogP contribution in [0.3, 0.4) is 0 Å². The normalized spacial score (nSPS) is 16.3. The van der Waals surface area contributed by atoms with Gasteiger partial charge in [-0.3, -0.25) is 9.69 Å². The Balaban J connectivity index is 1.75. The van der Waals surface area contributed by atoms with E-state index in [2.05, 4.69) is 48.1 Å². The molecule has 1 atom stereocenters. The highest BCUT2D eigenvalue weighted by atomic mass is 32.1. The molecule has 0 bridgehead atoms. The van der Waals surface area contributed by atoms with E-state index >= 15 is 0 Å². The van der Waals surface area contributed by atoms with Crippen LogP contribution in [-0.2, 0) is 0 Å². The third kappa shape index (κ3) is 4.70. The van der Waals surface area contributed by atoms with Crippen molar-refractivity contribution in [3.63, 3.8) is 0 Å². The van der Waals surface area contributed by atoms with E-state index in [1.54, 1.807) is 18.4 Å². The predicted octanol–water partition coefficient (Wildman–Crippen LogP) is 5.02. The number of ether oxygens (including phenoxy) is 1. The zero-order chi connectivity index (χ0) is 22.0. The van der Waals surface area contributed by atoms with Crippen LogP contribution in [0.2, 0.25) is 0 Å². The van der Waals surface area contributed by atoms with Gasteiger partial charge in [0.2, 0.25) is 0 Å². The van der Waals surface area contributed by atoms with Crippen molar-refractivity contribution in [2.24, 2.45) is 0 Å². The second-order valence-electron chi connectivity index (χ2n) is 7.97. The summed E-state index contributed by atoms with van der Waals surface area (Å²) in [5, 5.41) is 6.11. The molecule has 3 heterocycles. The van der Waals surface area contributed by atoms with Gasteiger partial charge in [0.1, 0.15) is 10.8 Å². The molecule has 1 aliphatic rings. The first-order chi connectivity index (χ1) is 15.0. The number of methoxy groups -OCH3 is 1. The third-order valence-electron chi connectivity index (χ3n) is 6.01. The lowest BCUT2D eigenvalue weighted by molar-refractivity contribution is 0.103. The van der Waals surface area contributed by atoms with Gasteiger partial charge in [0.15, 0.2) is 0 Å². The molecule has 4 rings (SSSR count). The molecular formula is C24H29N3O2S2. The SMILES string of the molecule is COc1ccc([C@H](c2c(NC(=O)c3cccs3)sc(C)c2C)N2CCN(C)CC2)cc1. The van der Waals surface area contributed by atoms with Crippen LogP contribution in [0.4, 0.5) is 5.00 Å². The molecule has 1 aromatic carbocycles. The minimum absolute atomic E-state index is 0.0376. The molecular weight excluding hydrogens is 426 g/mol. The summed E-state index contributed by atoms with van der Waals surface area (Å²) < 4.78 is 5.39. The molecule has 0 unspecified atom stereocenters. The molecule has 0 aliphatic carbocycles. The Bertz CT molecular complexity index is 1020. The van der Waals surface area contributed by atoms with Gasteiger partial charge in [-0.2, -0.15) is 0 Å². The van der Waals surface area contributed by atoms with Gasteiger partial charge in [-0.05, 0) is 55.6 Å². The van der Waals surface area contributed by atoms with E-state index in [1.165, 1.54) is 32.9 Å². The van der Waals surface area contributed by atoms with Crippen LogP contribution >= 0.6 is 22.7 Å². The summed E-state index contributed by atoms with van der Waals surface area (Å²) in [5.41, 5.74) is 3.69. The summed E-state index contributed by atoms with van der Waals surface area (Å²) >= 11 is 3.14. The fourth-order valence-corrected chi connectivity index (χ4v) is 5.77. The lowest BCUT2D eigenvalue weighted by atomic mass is 9.94. The molecule has 0 spiro atoms. The highest BCUT2D eigenvalue weighted by Crippen LogP contribution is 2.43. The molecule has 3 aromatic rings. The van der Waals surface area contributed by atoms with Gasteiger partial charge < -0.3 is 15.0 Å². The standard InChI is InChI=1S/C24H29N3O2S2/c1-16-17(2)31-24(25-23(28)20-6-5-15-30-20)21(16)22(27-13-11-26(3)12-14-27)18-7-9-19(29-4)10-8-18/h5-10,15,22H,11-14H2,1-4H3,(H,25,28)/t22-/m1/s1. The number of carbonyl (C=O) groups is 1. The van der Waals surface area contributed by atoms with Crippen LogP contribution in [0.15, 0.2) is 41.8 Å². The van der Waals surface area contributed by atoms with Gasteiger partial charge >= 0.3 is 0 Å². The second kappa shape index (κ2) is 9.53. The number of thiophene rings is 2. The molecule has 1 fully saturated rings. The van der Waals surface area contributed by atoms with Crippen LogP contribution in [0.25, 0.3) is 0 Å². The number of hydrogen-bond donors (Lipinski definition) is 1. The number of piperazine rings is 1. The number of hydrogen-bond acceptors (Lipinski definition) is 6. The van der Waals surface area contributed by atoms with Gasteiger partial charge in [0.25, 0.3) is 5.91 Å². The number of nitrogens with zero attached hydrogens (tertiary/aromatic N) is 2. The molecule has 1 amide bonds. The molecule has 0 radical (unpaired) electrons. The van der Waals surface area contributed by atoms with Gasteiger partial charge in [0, 0.05) is 36.6 Å². The number of amides is 1. The van der Waals surface area contributed by atoms with Gasteiger partial charge in [-0.15, -0.1) is 22.7 Å². The van der Waals surface area contributed by atoms with E-state index in [0.29, 0.717) is 0 Å². The second-order valence-corrected chi connectivity index (χ2v) is 10.1. The van der Waals surface area contributed by atoms with Crippen molar-refractivity contribution in [1.29, 1.82) is 0 Å². The molecule has 1 saturated heterocycles. The van der Waals surface area contributed by atoms with E-state index in [9.17, 15) is 4.79 Å². The zero-order valence-electron chi connectivity index (χ0n) is 18.5. The first-order valence-corrected chi connectivity index (χ1v) is 12.2. The summed E-state index contributed by atoms with van der Waals surface area (Å²) in [6, 6.07) is 12.2. The maximum Gasteiger partial charge on any atom is 0.266 e. The Morgan fingerprint density at radius 1 is 1.10 bits per heavy atom. The Morgan fingerprint density at radius 3 is 2.42 bits per heavy atom. The number of likely N-dealkylation sites (N-methyl/N-ethyl adjacent to an activating group) is 1. The van der Waals surface area contributed by atoms with Crippen molar-refractivity contribution in [2.45, 2.75) is 19.9 Å². The van der Waals surface area contributed by atoms with Crippen LogP contribution in [0.5, 0.6) is 5.75 Å². The summed E-state index contributed by atoms with van der Waals surface area (Å²) in [6.07, 6.45) is 0. The van der Waals surface area contributed by atoms with Crippen LogP contribution in [0.1, 0.15) is 37.3 Å². The van der Waals surface area contributed by atoms with Crippen LogP contribution < -0.4 is 10.1 Å². The maximum atomic E-state index is 12.9. The van der Waals surface area contributed by atoms with E-state index in [1.807, 2.05) is 29.6 Å². The molecule has 31 heavy (non-hydrogen) atoms. The van der Waals surface area contributed by atoms with E-state index in [0.717, 1.165) is 41.8 Å². The largest absolute Gasteiger partial charge is 0.497 e. The summed E-state index contributed by atoms with van der Waals surface area (Å²) in [6.45, 7) is 8.35. The molecule has 1 N–H and O–H groups in total. The first-order valence-electron chi connectivity index (χ1n) is 10.5. The van der Waals surface area contributed by atoms with Crippen molar-refractivity contribution in [3.8, 4) is 5.75 Å². The van der Waals surface area contributed by atoms with Crippen molar-refractivity contribution < 1.29 is 9.53 Å². The molecule has 5 nitrogen and oxygen atoms in total. The molecule has 164 valence electrons. The van der Waals surface area contributed by atoms with Crippen LogP contribution in [-0.4, -0.2) is 56.0 Å². The lowest BCUT2D eigenvalue weighted by Gasteiger charge is -2.39. The molecule has 1 aliphatic heterocycles. The zero-order valence-corrected chi connectivity index (χ0v) is 20.1. The lowest BCUT2D eigenvalue weighted by Crippen LogP contribution is -2.46. The van der Waals surface area contributed by atoms with Crippen molar-refractivity contribution in [3.05, 3.63) is 68.2 Å². The predicted molar refractivity (Wildman–Crippen MR) is 130 cm³/mol. The Morgan fingerprint density at radius 2 is 1.81 bits per heavy atom. The monoisotopic (exact) mass is 455 g/mol. The number of nitrogens with one attached hydrogen (secondary N) is 1. The molecule has 0 saturated carbocycles. The quantitative estimate of drug-likeness (QED) is 0.567. The minimum Gasteiger partial charge on any atom is -0.497 e. The highest BCUT2D eigenvalue weighted by Gasteiger charge is 2.31. The molecule has 2 aromatic heterocycles. The summed E-state index contributed by atoms with van der Waals surface area (Å²) in [5.74, 6) is 0.815. The van der Waals surface area contributed by atoms with Crippen molar-refractivity contribution >= 4 is 33.6 Å². The first kappa shape index (κ1) is 22.0. The highest BCUT2D eigenvalue weighted by molar-refractivity contribution is 7.17. The fourth-order valence-electron chi connectivity index (χ4n) is 4.07. The topological polar surface area (TPSA) is 44.8 Å². The Hall–Kier alpha value is -2.19. The van der Waals surface area contributed by atoms with Gasteiger partial charge in [-0.1, -0.05) is 18.2 Å².